The molecule has 4 aromatic heterocycles. The van der Waals surface area contributed by atoms with Gasteiger partial charge in [-0.15, -0.1) is 0 Å². The van der Waals surface area contributed by atoms with E-state index in [0.717, 1.165) is 5.57 Å². The minimum Gasteiger partial charge on any atom is -0.457 e. The third-order valence-corrected chi connectivity index (χ3v) is 6.77. The molecule has 6 rings (SSSR count). The van der Waals surface area contributed by atoms with Gasteiger partial charge in [-0.25, -0.2) is 33.8 Å². The Balaban J connectivity index is 1.27. The van der Waals surface area contributed by atoms with Crippen molar-refractivity contribution in [2.75, 3.05) is 11.9 Å². The summed E-state index contributed by atoms with van der Waals surface area (Å²) in [4.78, 5) is 35.8. The summed E-state index contributed by atoms with van der Waals surface area (Å²) < 4.78 is 23.0. The van der Waals surface area contributed by atoms with Crippen LogP contribution in [0.15, 0.2) is 68.0 Å². The molecule has 5 heterocycles. The van der Waals surface area contributed by atoms with Crippen LogP contribution >= 0.6 is 0 Å². The van der Waals surface area contributed by atoms with E-state index in [1.54, 1.807) is 53.0 Å². The maximum absolute atomic E-state index is 15.5. The summed E-state index contributed by atoms with van der Waals surface area (Å²) in [6, 6.07) is 6.68. The molecule has 0 fully saturated rings. The van der Waals surface area contributed by atoms with E-state index in [0.29, 0.717) is 58.4 Å². The highest BCUT2D eigenvalue weighted by molar-refractivity contribution is 5.89. The Kier molecular flexibility index (Phi) is 6.34. The average molecular weight is 538 g/mol. The molecule has 0 saturated heterocycles. The predicted octanol–water partition coefficient (Wildman–Crippen LogP) is 4.64. The minimum absolute atomic E-state index is 0.0366. The molecule has 200 valence electrons. The maximum atomic E-state index is 15.5. The molecule has 1 amide bonds. The molecule has 0 spiro atoms. The molecular formula is C28H24FN9O2. The van der Waals surface area contributed by atoms with Gasteiger partial charge >= 0.3 is 0 Å². The van der Waals surface area contributed by atoms with Gasteiger partial charge in [-0.05, 0) is 50.1 Å². The normalized spacial score (nSPS) is 15.2. The van der Waals surface area contributed by atoms with E-state index in [1.807, 2.05) is 13.0 Å². The van der Waals surface area contributed by atoms with Crippen LogP contribution in [0.3, 0.4) is 0 Å². The number of pyridine rings is 1. The van der Waals surface area contributed by atoms with Crippen LogP contribution in [-0.4, -0.2) is 57.9 Å². The highest BCUT2D eigenvalue weighted by Crippen LogP contribution is 2.33. The third kappa shape index (κ3) is 4.59. The number of nitrogens with one attached hydrogen (secondary N) is 1. The molecule has 1 aliphatic rings. The maximum Gasteiger partial charge on any atom is 0.246 e. The second-order valence-electron chi connectivity index (χ2n) is 9.33. The molecule has 12 heteroatoms. The lowest BCUT2D eigenvalue weighted by Gasteiger charge is -2.31. The molecule has 0 radical (unpaired) electrons. The zero-order chi connectivity index (χ0) is 27.8. The minimum atomic E-state index is -0.488. The van der Waals surface area contributed by atoms with E-state index in [1.165, 1.54) is 18.7 Å². The van der Waals surface area contributed by atoms with Crippen molar-refractivity contribution in [1.29, 1.82) is 0 Å². The van der Waals surface area contributed by atoms with Crippen molar-refractivity contribution in [2.45, 2.75) is 26.3 Å². The molecule has 0 unspecified atom stereocenters. The summed E-state index contributed by atoms with van der Waals surface area (Å²) in [6.45, 7) is 7.62. The first-order chi connectivity index (χ1) is 19.4. The van der Waals surface area contributed by atoms with E-state index < -0.39 is 5.82 Å². The highest BCUT2D eigenvalue weighted by atomic mass is 19.1. The number of benzene rings is 1. The second kappa shape index (κ2) is 10.1. The summed E-state index contributed by atoms with van der Waals surface area (Å²) in [5.41, 5.74) is 3.01. The molecule has 11 nitrogen and oxygen atoms in total. The van der Waals surface area contributed by atoms with Gasteiger partial charge in [0, 0.05) is 30.4 Å². The topological polar surface area (TPSA) is 123 Å². The van der Waals surface area contributed by atoms with Gasteiger partial charge in [-0.1, -0.05) is 12.7 Å². The Morgan fingerprint density at radius 2 is 2.08 bits per heavy atom. The number of nitrogens with zero attached hydrogens (tertiary/aromatic N) is 8. The second-order valence-corrected chi connectivity index (χ2v) is 9.33. The van der Waals surface area contributed by atoms with Gasteiger partial charge in [-0.2, -0.15) is 5.10 Å². The molecule has 40 heavy (non-hydrogen) atoms. The molecule has 0 aliphatic carbocycles. The van der Waals surface area contributed by atoms with Gasteiger partial charge in [0.05, 0.1) is 11.9 Å². The molecule has 5 aromatic rings. The van der Waals surface area contributed by atoms with Gasteiger partial charge in [0.15, 0.2) is 23.1 Å². The monoisotopic (exact) mass is 537 g/mol. The van der Waals surface area contributed by atoms with E-state index in [4.69, 9.17) is 9.72 Å². The summed E-state index contributed by atoms with van der Waals surface area (Å²) in [5.74, 6) is 1.12. The number of hydrogen-bond acceptors (Lipinski definition) is 9. The van der Waals surface area contributed by atoms with Crippen LogP contribution in [-0.2, 0) is 4.79 Å². The van der Waals surface area contributed by atoms with Gasteiger partial charge in [-0.3, -0.25) is 4.79 Å². The first kappa shape index (κ1) is 25.0. The number of aromatic nitrogens is 7. The van der Waals surface area contributed by atoms with E-state index >= 15 is 4.39 Å². The molecule has 0 bridgehead atoms. The Bertz CT molecular complexity index is 1820. The molecular weight excluding hydrogens is 513 g/mol. The Morgan fingerprint density at radius 3 is 2.90 bits per heavy atom. The van der Waals surface area contributed by atoms with Crippen molar-refractivity contribution in [3.63, 3.8) is 0 Å². The Labute approximate surface area is 228 Å². The zero-order valence-electron chi connectivity index (χ0n) is 21.7. The van der Waals surface area contributed by atoms with E-state index in [-0.39, 0.29) is 17.6 Å². The SMILES string of the molecule is C=CC(=O)N1CC=C(c2ncc3ncnc(Nc4ccc(Oc5ccn6ncnc6c5)c(C)c4F)c3n2)C[C@H]1C. The Hall–Kier alpha value is -5.26. The fraction of sp³-hybridized carbons (Fsp3) is 0.179. The number of fused-ring (bicyclic) bond motifs is 2. The van der Waals surface area contributed by atoms with Crippen molar-refractivity contribution in [2.24, 2.45) is 0 Å². The largest absolute Gasteiger partial charge is 0.457 e. The average Bonchev–Trinajstić information content (AvgIpc) is 3.44. The summed E-state index contributed by atoms with van der Waals surface area (Å²) in [7, 11) is 0. The number of hydrogen-bond donors (Lipinski definition) is 1. The number of carbonyl (C=O) groups is 1. The summed E-state index contributed by atoms with van der Waals surface area (Å²) >= 11 is 0. The van der Waals surface area contributed by atoms with Crippen LogP contribution in [0, 0.1) is 12.7 Å². The van der Waals surface area contributed by atoms with E-state index in [9.17, 15) is 4.79 Å². The first-order valence-electron chi connectivity index (χ1n) is 12.5. The lowest BCUT2D eigenvalue weighted by molar-refractivity contribution is -0.127. The smallest absolute Gasteiger partial charge is 0.246 e. The molecule has 1 aliphatic heterocycles. The third-order valence-electron chi connectivity index (χ3n) is 6.77. The van der Waals surface area contributed by atoms with Crippen LogP contribution < -0.4 is 10.1 Å². The quantitative estimate of drug-likeness (QED) is 0.309. The van der Waals surface area contributed by atoms with Gasteiger partial charge in [0.2, 0.25) is 5.91 Å². The van der Waals surface area contributed by atoms with Crippen molar-refractivity contribution < 1.29 is 13.9 Å². The predicted molar refractivity (Wildman–Crippen MR) is 147 cm³/mol. The number of amides is 1. The first-order valence-corrected chi connectivity index (χ1v) is 12.5. The Morgan fingerprint density at radius 1 is 1.20 bits per heavy atom. The van der Waals surface area contributed by atoms with Crippen LogP contribution in [0.1, 0.15) is 24.7 Å². The van der Waals surface area contributed by atoms with Crippen molar-refractivity contribution in [3.8, 4) is 11.5 Å². The lowest BCUT2D eigenvalue weighted by Crippen LogP contribution is -2.40. The summed E-state index contributed by atoms with van der Waals surface area (Å²) in [6.07, 6.45) is 9.98. The van der Waals surface area contributed by atoms with Gasteiger partial charge in [0.1, 0.15) is 35.2 Å². The molecule has 0 saturated carbocycles. The van der Waals surface area contributed by atoms with Crippen LogP contribution in [0.5, 0.6) is 11.5 Å². The number of ether oxygens (including phenoxy) is 1. The molecule has 1 N–H and O–H groups in total. The van der Waals surface area contributed by atoms with Crippen molar-refractivity contribution in [1.82, 2.24) is 39.4 Å². The standard InChI is InChI=1S/C28H24FN9O2/c1-4-24(39)37-9-7-18(11-16(37)2)27-30-13-21-26(36-27)28(33-14-31-21)35-20-5-6-22(17(3)25(20)29)40-19-8-10-38-23(12-19)32-15-34-38/h4-8,10,12-16H,1,9,11H2,2-3H3,(H,31,33,35)/t16-/m1/s1. The van der Waals surface area contributed by atoms with Crippen LogP contribution in [0.25, 0.3) is 22.3 Å². The van der Waals surface area contributed by atoms with Gasteiger partial charge < -0.3 is 15.0 Å². The lowest BCUT2D eigenvalue weighted by atomic mass is 10.0. The molecule has 1 aromatic carbocycles. The number of halogens is 1. The van der Waals surface area contributed by atoms with Crippen LogP contribution in [0.4, 0.5) is 15.9 Å². The van der Waals surface area contributed by atoms with E-state index in [2.05, 4.69) is 36.9 Å². The highest BCUT2D eigenvalue weighted by Gasteiger charge is 2.24. The molecule has 1 atom stereocenters. The fourth-order valence-corrected chi connectivity index (χ4v) is 4.60. The van der Waals surface area contributed by atoms with Gasteiger partial charge in [0.25, 0.3) is 0 Å². The zero-order valence-corrected chi connectivity index (χ0v) is 21.7. The number of carbonyl (C=O) groups excluding carboxylic acids is 1. The number of anilines is 2. The fourth-order valence-electron chi connectivity index (χ4n) is 4.60. The van der Waals surface area contributed by atoms with Crippen molar-refractivity contribution in [3.05, 3.63) is 85.2 Å². The van der Waals surface area contributed by atoms with Crippen LogP contribution in [0.2, 0.25) is 0 Å². The summed E-state index contributed by atoms with van der Waals surface area (Å²) in [5, 5.41) is 7.12. The van der Waals surface area contributed by atoms with Crippen molar-refractivity contribution >= 4 is 39.7 Å². The number of rotatable bonds is 6.